The Hall–Kier alpha value is -1.16. The molecule has 0 N–H and O–H groups in total. The van der Waals surface area contributed by atoms with Gasteiger partial charge in [0.1, 0.15) is 17.2 Å². The highest BCUT2D eigenvalue weighted by Gasteiger charge is 2.33. The van der Waals surface area contributed by atoms with E-state index in [9.17, 15) is 8.78 Å². The Bertz CT molecular complexity index is 668. The third-order valence-electron chi connectivity index (χ3n) is 4.86. The summed E-state index contributed by atoms with van der Waals surface area (Å²) >= 11 is 5.86. The molecule has 21 heavy (non-hydrogen) atoms. The molecule has 0 bridgehead atoms. The minimum Gasteiger partial charge on any atom is -0.324 e. The van der Waals surface area contributed by atoms with Crippen LogP contribution >= 0.6 is 11.6 Å². The van der Waals surface area contributed by atoms with Gasteiger partial charge in [0.2, 0.25) is 0 Å². The lowest BCUT2D eigenvalue weighted by Crippen LogP contribution is -2.17. The number of alkyl halides is 1. The molecule has 1 aliphatic rings. The SMILES string of the molecule is CC1CCC(n2c(CCCl)nc3c(F)cc(F)cc32)C1C. The number of aromatic nitrogens is 2. The summed E-state index contributed by atoms with van der Waals surface area (Å²) in [6.07, 6.45) is 2.71. The maximum absolute atomic E-state index is 14.0. The van der Waals surface area contributed by atoms with Crippen LogP contribution in [0.2, 0.25) is 0 Å². The van der Waals surface area contributed by atoms with Crippen molar-refractivity contribution in [1.82, 2.24) is 9.55 Å². The zero-order valence-corrected chi connectivity index (χ0v) is 13.0. The molecule has 1 aliphatic carbocycles. The highest BCUT2D eigenvalue weighted by atomic mass is 35.5. The van der Waals surface area contributed by atoms with Gasteiger partial charge in [-0.1, -0.05) is 13.8 Å². The largest absolute Gasteiger partial charge is 0.324 e. The van der Waals surface area contributed by atoms with Gasteiger partial charge < -0.3 is 4.57 Å². The summed E-state index contributed by atoms with van der Waals surface area (Å²) in [6.45, 7) is 4.43. The van der Waals surface area contributed by atoms with Gasteiger partial charge in [-0.2, -0.15) is 0 Å². The van der Waals surface area contributed by atoms with E-state index in [2.05, 4.69) is 18.8 Å². The molecule has 1 saturated carbocycles. The average Bonchev–Trinajstić information content (AvgIpc) is 2.93. The predicted molar refractivity (Wildman–Crippen MR) is 80.7 cm³/mol. The molecule has 3 unspecified atom stereocenters. The van der Waals surface area contributed by atoms with E-state index < -0.39 is 11.6 Å². The molecule has 1 aromatic heterocycles. The smallest absolute Gasteiger partial charge is 0.153 e. The topological polar surface area (TPSA) is 17.8 Å². The molecule has 2 aromatic rings. The quantitative estimate of drug-likeness (QED) is 0.751. The van der Waals surface area contributed by atoms with E-state index in [-0.39, 0.29) is 11.6 Å². The number of rotatable bonds is 3. The molecular weight excluding hydrogens is 294 g/mol. The third-order valence-corrected chi connectivity index (χ3v) is 5.05. The lowest BCUT2D eigenvalue weighted by Gasteiger charge is -2.22. The number of aryl methyl sites for hydroxylation is 1. The fourth-order valence-electron chi connectivity index (χ4n) is 3.50. The number of benzene rings is 1. The highest BCUT2D eigenvalue weighted by Crippen LogP contribution is 2.42. The molecule has 1 heterocycles. The van der Waals surface area contributed by atoms with E-state index >= 15 is 0 Å². The fourth-order valence-corrected chi connectivity index (χ4v) is 3.67. The van der Waals surface area contributed by atoms with Crippen LogP contribution in [0.1, 0.15) is 38.6 Å². The molecule has 3 rings (SSSR count). The van der Waals surface area contributed by atoms with Crippen molar-refractivity contribution in [3.63, 3.8) is 0 Å². The molecule has 0 spiro atoms. The Kier molecular flexibility index (Phi) is 3.91. The molecule has 114 valence electrons. The molecule has 0 aliphatic heterocycles. The first-order valence-corrected chi connectivity index (χ1v) is 7.98. The summed E-state index contributed by atoms with van der Waals surface area (Å²) in [5, 5.41) is 0. The second-order valence-corrected chi connectivity index (χ2v) is 6.45. The Labute approximate surface area is 128 Å². The van der Waals surface area contributed by atoms with Gasteiger partial charge in [-0.3, -0.25) is 0 Å². The van der Waals surface area contributed by atoms with Gasteiger partial charge in [-0.15, -0.1) is 11.6 Å². The van der Waals surface area contributed by atoms with Gasteiger partial charge in [-0.05, 0) is 30.7 Å². The number of hydrogen-bond acceptors (Lipinski definition) is 1. The third kappa shape index (κ3) is 2.44. The Morgan fingerprint density at radius 1 is 1.29 bits per heavy atom. The van der Waals surface area contributed by atoms with Crippen molar-refractivity contribution in [2.45, 2.75) is 39.2 Å². The van der Waals surface area contributed by atoms with Crippen molar-refractivity contribution in [1.29, 1.82) is 0 Å². The molecular formula is C16H19ClF2N2. The van der Waals surface area contributed by atoms with Crippen molar-refractivity contribution >= 4 is 22.6 Å². The summed E-state index contributed by atoms with van der Waals surface area (Å²) in [6, 6.07) is 2.52. The zero-order valence-electron chi connectivity index (χ0n) is 12.2. The van der Waals surface area contributed by atoms with Crippen molar-refractivity contribution in [3.8, 4) is 0 Å². The van der Waals surface area contributed by atoms with Crippen LogP contribution in [0.15, 0.2) is 12.1 Å². The minimum atomic E-state index is -0.599. The van der Waals surface area contributed by atoms with E-state index in [4.69, 9.17) is 11.6 Å². The monoisotopic (exact) mass is 312 g/mol. The van der Waals surface area contributed by atoms with Crippen LogP contribution in [-0.4, -0.2) is 15.4 Å². The van der Waals surface area contributed by atoms with Crippen molar-refractivity contribution < 1.29 is 8.78 Å². The first-order chi connectivity index (χ1) is 10.0. The predicted octanol–water partition coefficient (Wildman–Crippen LogP) is 4.70. The van der Waals surface area contributed by atoms with Crippen molar-refractivity contribution in [2.24, 2.45) is 11.8 Å². The number of fused-ring (bicyclic) bond motifs is 1. The lowest BCUT2D eigenvalue weighted by atomic mass is 9.97. The van der Waals surface area contributed by atoms with Crippen LogP contribution in [0.5, 0.6) is 0 Å². The fraction of sp³-hybridized carbons (Fsp3) is 0.562. The number of imidazole rings is 1. The van der Waals surface area contributed by atoms with E-state index in [0.717, 1.165) is 24.7 Å². The van der Waals surface area contributed by atoms with Gasteiger partial charge in [-0.25, -0.2) is 13.8 Å². The number of halogens is 3. The van der Waals surface area contributed by atoms with Gasteiger partial charge >= 0.3 is 0 Å². The molecule has 1 aromatic carbocycles. The first kappa shape index (κ1) is 14.8. The summed E-state index contributed by atoms with van der Waals surface area (Å²) in [7, 11) is 0. The summed E-state index contributed by atoms with van der Waals surface area (Å²) in [5.74, 6) is 1.09. The molecule has 5 heteroatoms. The average molecular weight is 313 g/mol. The summed E-state index contributed by atoms with van der Waals surface area (Å²) in [5.41, 5.74) is 0.807. The lowest BCUT2D eigenvalue weighted by molar-refractivity contribution is 0.352. The molecule has 2 nitrogen and oxygen atoms in total. The van der Waals surface area contributed by atoms with Crippen molar-refractivity contribution in [2.75, 3.05) is 5.88 Å². The van der Waals surface area contributed by atoms with Crippen LogP contribution in [0.3, 0.4) is 0 Å². The standard InChI is InChI=1S/C16H19ClF2N2/c1-9-3-4-13(10(9)2)21-14-8-11(18)7-12(19)16(14)20-15(21)5-6-17/h7-10,13H,3-6H2,1-2H3. The summed E-state index contributed by atoms with van der Waals surface area (Å²) < 4.78 is 29.6. The van der Waals surface area contributed by atoms with Crippen molar-refractivity contribution in [3.05, 3.63) is 29.6 Å². The van der Waals surface area contributed by atoms with Gasteiger partial charge in [0, 0.05) is 24.4 Å². The highest BCUT2D eigenvalue weighted by molar-refractivity contribution is 6.17. The van der Waals surface area contributed by atoms with Crippen LogP contribution in [0.25, 0.3) is 11.0 Å². The van der Waals surface area contributed by atoms with Gasteiger partial charge in [0.15, 0.2) is 5.82 Å². The van der Waals surface area contributed by atoms with Gasteiger partial charge in [0.25, 0.3) is 0 Å². The van der Waals surface area contributed by atoms with Crippen LogP contribution < -0.4 is 0 Å². The molecule has 3 atom stereocenters. The maximum Gasteiger partial charge on any atom is 0.153 e. The molecule has 0 saturated heterocycles. The molecule has 0 radical (unpaired) electrons. The molecule has 0 amide bonds. The minimum absolute atomic E-state index is 0.240. The Morgan fingerprint density at radius 2 is 2.05 bits per heavy atom. The Morgan fingerprint density at radius 3 is 2.67 bits per heavy atom. The molecule has 1 fully saturated rings. The number of hydrogen-bond donors (Lipinski definition) is 0. The van der Waals surface area contributed by atoms with E-state index in [1.807, 2.05) is 4.57 Å². The zero-order chi connectivity index (χ0) is 15.1. The van der Waals surface area contributed by atoms with Crippen LogP contribution in [-0.2, 0) is 6.42 Å². The maximum atomic E-state index is 14.0. The summed E-state index contributed by atoms with van der Waals surface area (Å²) in [4.78, 5) is 4.38. The van der Waals surface area contributed by atoms with Crippen LogP contribution in [0.4, 0.5) is 8.78 Å². The number of nitrogens with zero attached hydrogens (tertiary/aromatic N) is 2. The van der Waals surface area contributed by atoms with E-state index in [0.29, 0.717) is 29.7 Å². The first-order valence-electron chi connectivity index (χ1n) is 7.44. The normalized spacial score (nSPS) is 25.9. The van der Waals surface area contributed by atoms with Crippen LogP contribution in [0, 0.1) is 23.5 Å². The van der Waals surface area contributed by atoms with Gasteiger partial charge in [0.05, 0.1) is 5.52 Å². The van der Waals surface area contributed by atoms with E-state index in [1.54, 1.807) is 0 Å². The van der Waals surface area contributed by atoms with E-state index in [1.165, 1.54) is 6.07 Å². The second kappa shape index (κ2) is 5.56. The Balaban J connectivity index is 2.20. The second-order valence-electron chi connectivity index (χ2n) is 6.07.